The van der Waals surface area contributed by atoms with Crippen molar-refractivity contribution in [1.29, 1.82) is 0 Å². The van der Waals surface area contributed by atoms with Gasteiger partial charge in [0.05, 0.1) is 24.1 Å². The molecule has 0 aliphatic rings. The molecule has 1 aromatic rings. The maximum atomic E-state index is 6.09. The quantitative estimate of drug-likeness (QED) is 0.766. The summed E-state index contributed by atoms with van der Waals surface area (Å²) in [6, 6.07) is 0. The smallest absolute Gasteiger partial charge is 0.147 e. The molecule has 6 nitrogen and oxygen atoms in total. The van der Waals surface area contributed by atoms with Crippen molar-refractivity contribution in [3.05, 3.63) is 5.69 Å². The summed E-state index contributed by atoms with van der Waals surface area (Å²) in [5.41, 5.74) is 7.71. The van der Waals surface area contributed by atoms with Crippen molar-refractivity contribution in [2.75, 3.05) is 38.4 Å². The maximum absolute atomic E-state index is 6.09. The van der Waals surface area contributed by atoms with Gasteiger partial charge in [-0.15, -0.1) is 0 Å². The van der Waals surface area contributed by atoms with E-state index >= 15 is 0 Å². The zero-order valence-corrected chi connectivity index (χ0v) is 11.9. The second-order valence-electron chi connectivity index (χ2n) is 4.62. The number of nitrogens with zero attached hydrogens (tertiary/aromatic N) is 2. The highest BCUT2D eigenvalue weighted by atomic mass is 16.5. The highest BCUT2D eigenvalue weighted by molar-refractivity contribution is 5.65. The molecule has 1 rings (SSSR count). The highest BCUT2D eigenvalue weighted by Crippen LogP contribution is 2.27. The lowest BCUT2D eigenvalue weighted by molar-refractivity contribution is 0.0365. The number of nitrogens with two attached hydrogens (primary N) is 1. The lowest BCUT2D eigenvalue weighted by Gasteiger charge is -2.16. The number of nitrogens with one attached hydrogen (secondary N) is 1. The monoisotopic (exact) mass is 256 g/mol. The largest absolute Gasteiger partial charge is 0.394 e. The van der Waals surface area contributed by atoms with E-state index in [1.807, 2.05) is 7.05 Å². The summed E-state index contributed by atoms with van der Waals surface area (Å²) in [7, 11) is 5.20. The molecule has 0 saturated heterocycles. The van der Waals surface area contributed by atoms with E-state index in [4.69, 9.17) is 15.2 Å². The van der Waals surface area contributed by atoms with Crippen molar-refractivity contribution in [1.82, 2.24) is 9.78 Å². The van der Waals surface area contributed by atoms with Crippen LogP contribution >= 0.6 is 0 Å². The molecule has 0 aliphatic carbocycles. The zero-order chi connectivity index (χ0) is 13.7. The summed E-state index contributed by atoms with van der Waals surface area (Å²) in [5, 5.41) is 7.68. The van der Waals surface area contributed by atoms with Crippen molar-refractivity contribution < 1.29 is 9.47 Å². The fourth-order valence-electron chi connectivity index (χ4n) is 1.80. The number of anilines is 2. The Bertz CT molecular complexity index is 376. The van der Waals surface area contributed by atoms with Gasteiger partial charge in [-0.2, -0.15) is 5.10 Å². The van der Waals surface area contributed by atoms with Crippen LogP contribution in [-0.4, -0.2) is 43.3 Å². The minimum atomic E-state index is -0.00759. The van der Waals surface area contributed by atoms with Gasteiger partial charge >= 0.3 is 0 Å². The third-order valence-electron chi connectivity index (χ3n) is 2.84. The predicted octanol–water partition coefficient (Wildman–Crippen LogP) is 1.20. The number of nitrogen functional groups attached to an aromatic ring is 1. The molecule has 104 valence electrons. The van der Waals surface area contributed by atoms with Crippen LogP contribution in [0.2, 0.25) is 0 Å². The molecule has 0 amide bonds. The molecule has 0 aliphatic heterocycles. The first-order chi connectivity index (χ1) is 8.51. The molecular formula is C12H24N4O2. The van der Waals surface area contributed by atoms with E-state index in [1.165, 1.54) is 0 Å². The molecule has 6 heteroatoms. The van der Waals surface area contributed by atoms with Crippen molar-refractivity contribution in [2.45, 2.75) is 25.9 Å². The molecule has 1 aromatic heterocycles. The average molecular weight is 256 g/mol. The first-order valence-electron chi connectivity index (χ1n) is 6.09. The van der Waals surface area contributed by atoms with Crippen molar-refractivity contribution in [3.63, 3.8) is 0 Å². The minimum absolute atomic E-state index is 0.00759. The predicted molar refractivity (Wildman–Crippen MR) is 72.9 cm³/mol. The van der Waals surface area contributed by atoms with Crippen molar-refractivity contribution in [2.24, 2.45) is 7.05 Å². The van der Waals surface area contributed by atoms with Gasteiger partial charge in [-0.1, -0.05) is 13.8 Å². The Balaban J connectivity index is 2.72. The van der Waals surface area contributed by atoms with Crippen LogP contribution in [0.4, 0.5) is 11.5 Å². The molecule has 0 spiro atoms. The second-order valence-corrected chi connectivity index (χ2v) is 4.62. The number of hydrogen-bond donors (Lipinski definition) is 2. The number of rotatable bonds is 7. The van der Waals surface area contributed by atoms with Crippen LogP contribution in [0.3, 0.4) is 0 Å². The Kier molecular flexibility index (Phi) is 5.43. The van der Waals surface area contributed by atoms with Crippen molar-refractivity contribution >= 4 is 11.5 Å². The van der Waals surface area contributed by atoms with Crippen LogP contribution in [-0.2, 0) is 16.5 Å². The van der Waals surface area contributed by atoms with Gasteiger partial charge in [-0.05, 0) is 5.92 Å². The Morgan fingerprint density at radius 2 is 2.06 bits per heavy atom. The molecule has 1 heterocycles. The van der Waals surface area contributed by atoms with E-state index in [1.54, 1.807) is 18.9 Å². The van der Waals surface area contributed by atoms with Crippen LogP contribution in [0.25, 0.3) is 0 Å². The van der Waals surface area contributed by atoms with Gasteiger partial charge in [0.2, 0.25) is 0 Å². The van der Waals surface area contributed by atoms with E-state index in [0.29, 0.717) is 24.8 Å². The Morgan fingerprint density at radius 1 is 1.39 bits per heavy atom. The molecule has 0 fully saturated rings. The molecule has 18 heavy (non-hydrogen) atoms. The molecule has 1 unspecified atom stereocenters. The Morgan fingerprint density at radius 3 is 2.50 bits per heavy atom. The number of aromatic nitrogens is 2. The van der Waals surface area contributed by atoms with Crippen LogP contribution < -0.4 is 11.1 Å². The highest BCUT2D eigenvalue weighted by Gasteiger charge is 2.16. The lowest BCUT2D eigenvalue weighted by Crippen LogP contribution is -2.27. The molecule has 0 bridgehead atoms. The van der Waals surface area contributed by atoms with E-state index in [2.05, 4.69) is 24.3 Å². The Labute approximate surface area is 108 Å². The van der Waals surface area contributed by atoms with Gasteiger partial charge in [-0.25, -0.2) is 0 Å². The molecule has 3 N–H and O–H groups in total. The van der Waals surface area contributed by atoms with Crippen LogP contribution in [0.15, 0.2) is 0 Å². The SMILES string of the molecule is COCC(CNc1c(N)c(C(C)C)nn1C)OC. The van der Waals surface area contributed by atoms with Gasteiger partial charge in [0.1, 0.15) is 5.82 Å². The third-order valence-corrected chi connectivity index (χ3v) is 2.84. The van der Waals surface area contributed by atoms with Crippen LogP contribution in [0.5, 0.6) is 0 Å². The second kappa shape index (κ2) is 6.61. The number of methoxy groups -OCH3 is 2. The van der Waals surface area contributed by atoms with Crippen molar-refractivity contribution in [3.8, 4) is 0 Å². The van der Waals surface area contributed by atoms with E-state index < -0.39 is 0 Å². The first kappa shape index (κ1) is 14.8. The van der Waals surface area contributed by atoms with Gasteiger partial charge < -0.3 is 20.5 Å². The third kappa shape index (κ3) is 3.36. The maximum Gasteiger partial charge on any atom is 0.147 e. The van der Waals surface area contributed by atoms with Gasteiger partial charge in [0, 0.05) is 27.8 Å². The number of hydrogen-bond acceptors (Lipinski definition) is 5. The summed E-state index contributed by atoms with van der Waals surface area (Å²) < 4.78 is 12.1. The summed E-state index contributed by atoms with van der Waals surface area (Å²) in [6.45, 7) is 5.32. The van der Waals surface area contributed by atoms with E-state index in [-0.39, 0.29) is 6.10 Å². The average Bonchev–Trinajstić information content (AvgIpc) is 2.61. The molecule has 1 atom stereocenters. The van der Waals surface area contributed by atoms with Crippen LogP contribution in [0.1, 0.15) is 25.5 Å². The van der Waals surface area contributed by atoms with E-state index in [9.17, 15) is 0 Å². The fraction of sp³-hybridized carbons (Fsp3) is 0.750. The van der Waals surface area contributed by atoms with E-state index in [0.717, 1.165) is 11.5 Å². The summed E-state index contributed by atoms with van der Waals surface area (Å²) in [6.07, 6.45) is -0.00759. The molecular weight excluding hydrogens is 232 g/mol. The summed E-state index contributed by atoms with van der Waals surface area (Å²) in [5.74, 6) is 1.14. The molecule has 0 radical (unpaired) electrons. The summed E-state index contributed by atoms with van der Waals surface area (Å²) >= 11 is 0. The fourth-order valence-corrected chi connectivity index (χ4v) is 1.80. The Hall–Kier alpha value is -1.27. The normalized spacial score (nSPS) is 13.0. The minimum Gasteiger partial charge on any atom is -0.394 e. The van der Waals surface area contributed by atoms with Crippen LogP contribution in [0, 0.1) is 0 Å². The lowest BCUT2D eigenvalue weighted by atomic mass is 10.1. The molecule has 0 saturated carbocycles. The molecule has 0 aromatic carbocycles. The van der Waals surface area contributed by atoms with Gasteiger partial charge in [0.15, 0.2) is 0 Å². The topological polar surface area (TPSA) is 74.3 Å². The standard InChI is InChI=1S/C12H24N4O2/c1-8(2)11-10(13)12(16(3)15-11)14-6-9(18-5)7-17-4/h8-9,14H,6-7,13H2,1-5H3. The van der Waals surface area contributed by atoms with Gasteiger partial charge in [-0.3, -0.25) is 4.68 Å². The number of ether oxygens (including phenoxy) is 2. The zero-order valence-electron chi connectivity index (χ0n) is 11.9. The van der Waals surface area contributed by atoms with Gasteiger partial charge in [0.25, 0.3) is 0 Å². The summed E-state index contributed by atoms with van der Waals surface area (Å²) in [4.78, 5) is 0. The number of aryl methyl sites for hydroxylation is 1. The first-order valence-corrected chi connectivity index (χ1v) is 6.09.